The lowest BCUT2D eigenvalue weighted by Crippen LogP contribution is -2.50. The third-order valence-electron chi connectivity index (χ3n) is 4.58. The van der Waals surface area contributed by atoms with E-state index in [1.54, 1.807) is 0 Å². The number of nitrogens with one attached hydrogen (secondary N) is 1. The van der Waals surface area contributed by atoms with Crippen molar-refractivity contribution < 1.29 is 13.3 Å². The van der Waals surface area contributed by atoms with Gasteiger partial charge in [0.25, 0.3) is 0 Å². The van der Waals surface area contributed by atoms with Crippen LogP contribution in [0.5, 0.6) is 0 Å². The summed E-state index contributed by atoms with van der Waals surface area (Å²) in [6.45, 7) is 18.5. The Bertz CT molecular complexity index is 330. The van der Waals surface area contributed by atoms with Crippen molar-refractivity contribution in [2.75, 3.05) is 26.4 Å². The fourth-order valence-electron chi connectivity index (χ4n) is 4.06. The molecule has 0 aromatic heterocycles. The molecule has 1 heterocycles. The maximum atomic E-state index is 6.06. The highest BCUT2D eigenvalue weighted by Gasteiger charge is 2.46. The quantitative estimate of drug-likeness (QED) is 0.602. The normalized spacial score (nSPS) is 22.3. The SMILES string of the molecule is CCO[Si](CC(C)(C)CC1CCNC(C)(C)C1)(OCC)OCC. The lowest BCUT2D eigenvalue weighted by atomic mass is 9.75. The zero-order valence-electron chi connectivity index (χ0n) is 16.5. The van der Waals surface area contributed by atoms with Crippen LogP contribution in [-0.4, -0.2) is 40.7 Å². The van der Waals surface area contributed by atoms with Gasteiger partial charge in [0.15, 0.2) is 0 Å². The second-order valence-corrected chi connectivity index (χ2v) is 10.8. The van der Waals surface area contributed by atoms with Gasteiger partial charge in [-0.1, -0.05) is 13.8 Å². The first-order valence-corrected chi connectivity index (χ1v) is 11.3. The van der Waals surface area contributed by atoms with Gasteiger partial charge in [0.05, 0.1) is 0 Å². The van der Waals surface area contributed by atoms with Crippen molar-refractivity contribution in [1.29, 1.82) is 0 Å². The second-order valence-electron chi connectivity index (χ2n) is 8.20. The van der Waals surface area contributed by atoms with Crippen LogP contribution < -0.4 is 5.32 Å². The van der Waals surface area contributed by atoms with Gasteiger partial charge in [-0.15, -0.1) is 0 Å². The first-order valence-electron chi connectivity index (χ1n) is 9.34. The fourth-order valence-corrected chi connectivity index (χ4v) is 7.25. The molecule has 0 aromatic carbocycles. The minimum absolute atomic E-state index is 0.170. The Morgan fingerprint density at radius 3 is 2.00 bits per heavy atom. The summed E-state index contributed by atoms with van der Waals surface area (Å²) >= 11 is 0. The van der Waals surface area contributed by atoms with Crippen molar-refractivity contribution in [2.45, 2.75) is 79.3 Å². The molecule has 23 heavy (non-hydrogen) atoms. The molecule has 1 saturated heterocycles. The van der Waals surface area contributed by atoms with Crippen LogP contribution in [0.15, 0.2) is 0 Å². The monoisotopic (exact) mass is 345 g/mol. The molecule has 1 N–H and O–H groups in total. The van der Waals surface area contributed by atoms with Crippen LogP contribution in [0.2, 0.25) is 6.04 Å². The molecule has 0 saturated carbocycles. The number of rotatable bonds is 10. The van der Waals surface area contributed by atoms with E-state index in [1.807, 2.05) is 20.8 Å². The van der Waals surface area contributed by atoms with Gasteiger partial charge in [0.1, 0.15) is 0 Å². The van der Waals surface area contributed by atoms with Crippen molar-refractivity contribution in [1.82, 2.24) is 5.32 Å². The summed E-state index contributed by atoms with van der Waals surface area (Å²) in [6.07, 6.45) is 3.71. The Kier molecular flexibility index (Phi) is 8.21. The molecule has 4 nitrogen and oxygen atoms in total. The van der Waals surface area contributed by atoms with Crippen LogP contribution in [0.1, 0.15) is 67.7 Å². The van der Waals surface area contributed by atoms with Gasteiger partial charge in [-0.05, 0) is 71.8 Å². The standard InChI is InChI=1S/C18H39NO3Si/c1-8-20-23(21-9-2,22-10-3)15-17(4,5)13-16-11-12-19-18(6,7)14-16/h16,19H,8-15H2,1-7H3. The summed E-state index contributed by atoms with van der Waals surface area (Å²) in [6, 6.07) is 0.903. The molecule has 1 rings (SSSR count). The summed E-state index contributed by atoms with van der Waals surface area (Å²) in [5.74, 6) is 0.762. The fraction of sp³-hybridized carbons (Fsp3) is 1.00. The molecule has 1 aliphatic heterocycles. The zero-order valence-corrected chi connectivity index (χ0v) is 17.5. The molecule has 1 aliphatic rings. The molecule has 0 bridgehead atoms. The van der Waals surface area contributed by atoms with Crippen LogP contribution in [0, 0.1) is 11.3 Å². The first-order chi connectivity index (χ1) is 10.7. The summed E-state index contributed by atoms with van der Waals surface area (Å²) in [5.41, 5.74) is 0.428. The van der Waals surface area contributed by atoms with Crippen LogP contribution in [0.25, 0.3) is 0 Å². The molecule has 1 fully saturated rings. The highest BCUT2D eigenvalue weighted by atomic mass is 28.4. The minimum atomic E-state index is -2.57. The lowest BCUT2D eigenvalue weighted by molar-refractivity contribution is 0.0571. The molecule has 0 radical (unpaired) electrons. The third kappa shape index (κ3) is 7.22. The number of hydrogen-bond donors (Lipinski definition) is 1. The predicted octanol–water partition coefficient (Wildman–Crippen LogP) is 4.23. The number of hydrogen-bond acceptors (Lipinski definition) is 4. The van der Waals surface area contributed by atoms with E-state index in [0.29, 0.717) is 19.8 Å². The second kappa shape index (κ2) is 8.95. The van der Waals surface area contributed by atoms with E-state index in [4.69, 9.17) is 13.3 Å². The Balaban J connectivity index is 2.75. The average molecular weight is 346 g/mol. The molecule has 0 amide bonds. The van der Waals surface area contributed by atoms with Crippen LogP contribution in [0.3, 0.4) is 0 Å². The summed E-state index contributed by atoms with van der Waals surface area (Å²) in [4.78, 5) is 0. The van der Waals surface area contributed by atoms with E-state index in [9.17, 15) is 0 Å². The van der Waals surface area contributed by atoms with E-state index in [0.717, 1.165) is 18.5 Å². The largest absolute Gasteiger partial charge is 0.501 e. The highest BCUT2D eigenvalue weighted by molar-refractivity contribution is 6.60. The van der Waals surface area contributed by atoms with Crippen LogP contribution >= 0.6 is 0 Å². The molecular formula is C18H39NO3Si. The predicted molar refractivity (Wildman–Crippen MR) is 98.6 cm³/mol. The summed E-state index contributed by atoms with van der Waals surface area (Å²) in [5, 5.41) is 3.62. The average Bonchev–Trinajstić information content (AvgIpc) is 2.36. The summed E-state index contributed by atoms with van der Waals surface area (Å²) in [7, 11) is -2.57. The first kappa shape index (κ1) is 21.1. The number of piperidine rings is 1. The highest BCUT2D eigenvalue weighted by Crippen LogP contribution is 2.40. The molecule has 0 aromatic rings. The molecule has 0 spiro atoms. The Labute approximate surface area is 145 Å². The van der Waals surface area contributed by atoms with Gasteiger partial charge in [0.2, 0.25) is 0 Å². The molecule has 138 valence electrons. The van der Waals surface area contributed by atoms with Gasteiger partial charge >= 0.3 is 8.80 Å². The van der Waals surface area contributed by atoms with Gasteiger partial charge in [-0.3, -0.25) is 0 Å². The van der Waals surface area contributed by atoms with E-state index >= 15 is 0 Å². The molecule has 1 unspecified atom stereocenters. The smallest absolute Gasteiger partial charge is 0.374 e. The Hall–Kier alpha value is 0.0569. The van der Waals surface area contributed by atoms with Gasteiger partial charge in [0, 0.05) is 31.4 Å². The molecular weight excluding hydrogens is 306 g/mol. The van der Waals surface area contributed by atoms with Crippen LogP contribution in [0.4, 0.5) is 0 Å². The van der Waals surface area contributed by atoms with E-state index in [1.165, 1.54) is 19.3 Å². The maximum absolute atomic E-state index is 6.06. The Morgan fingerprint density at radius 1 is 1.04 bits per heavy atom. The lowest BCUT2D eigenvalue weighted by Gasteiger charge is -2.41. The van der Waals surface area contributed by atoms with Crippen molar-refractivity contribution in [3.05, 3.63) is 0 Å². The Morgan fingerprint density at radius 2 is 1.57 bits per heavy atom. The molecule has 0 aliphatic carbocycles. The van der Waals surface area contributed by atoms with E-state index < -0.39 is 8.80 Å². The van der Waals surface area contributed by atoms with E-state index in [2.05, 4.69) is 33.0 Å². The topological polar surface area (TPSA) is 39.7 Å². The third-order valence-corrected chi connectivity index (χ3v) is 8.16. The van der Waals surface area contributed by atoms with Crippen molar-refractivity contribution in [2.24, 2.45) is 11.3 Å². The van der Waals surface area contributed by atoms with Gasteiger partial charge in [-0.25, -0.2) is 0 Å². The van der Waals surface area contributed by atoms with Gasteiger partial charge in [-0.2, -0.15) is 0 Å². The minimum Gasteiger partial charge on any atom is -0.374 e. The van der Waals surface area contributed by atoms with Crippen molar-refractivity contribution >= 4 is 8.80 Å². The maximum Gasteiger partial charge on any atom is 0.501 e. The zero-order chi connectivity index (χ0) is 17.6. The van der Waals surface area contributed by atoms with Crippen LogP contribution in [-0.2, 0) is 13.3 Å². The summed E-state index contributed by atoms with van der Waals surface area (Å²) < 4.78 is 18.2. The van der Waals surface area contributed by atoms with Crippen molar-refractivity contribution in [3.8, 4) is 0 Å². The molecule has 5 heteroatoms. The van der Waals surface area contributed by atoms with Crippen molar-refractivity contribution in [3.63, 3.8) is 0 Å². The molecule has 1 atom stereocenters. The van der Waals surface area contributed by atoms with E-state index in [-0.39, 0.29) is 11.0 Å². The van der Waals surface area contributed by atoms with Gasteiger partial charge < -0.3 is 18.6 Å².